The van der Waals surface area contributed by atoms with E-state index < -0.39 is 42.4 Å². The second kappa shape index (κ2) is 19.3. The zero-order valence-electron chi connectivity index (χ0n) is 19.5. The topological polar surface area (TPSA) is 176 Å². The van der Waals surface area contributed by atoms with Gasteiger partial charge in [-0.3, -0.25) is 24.0 Å². The standard InChI is InChI=1S/C22H39N3O7S/c1-2-3-4-5-6-7-8-9-10-11-20(29)33-15-17(21(30)24-14-19(27)28)25-18(26)13-12-16(23)22(31)32/h16-17H,2-15,23H2,1H3,(H,24,30)(H,25,26)(H,27,28)(H,31,32). The van der Waals surface area contributed by atoms with Gasteiger partial charge in [0.15, 0.2) is 5.12 Å². The Hall–Kier alpha value is -2.14. The predicted molar refractivity (Wildman–Crippen MR) is 127 cm³/mol. The average Bonchev–Trinajstić information content (AvgIpc) is 2.77. The van der Waals surface area contributed by atoms with Gasteiger partial charge in [-0.05, 0) is 12.8 Å². The Bertz CT molecular complexity index is 631. The summed E-state index contributed by atoms with van der Waals surface area (Å²) in [6.07, 6.45) is 10.2. The molecule has 6 N–H and O–H groups in total. The molecule has 0 aromatic carbocycles. The quantitative estimate of drug-likeness (QED) is 0.160. The number of unbranched alkanes of at least 4 members (excludes halogenated alkanes) is 8. The van der Waals surface area contributed by atoms with Crippen molar-refractivity contribution in [2.45, 2.75) is 96.1 Å². The summed E-state index contributed by atoms with van der Waals surface area (Å²) in [6.45, 7) is 1.57. The minimum atomic E-state index is -1.24. The molecular weight excluding hydrogens is 450 g/mol. The lowest BCUT2D eigenvalue weighted by molar-refractivity contribution is -0.139. The van der Waals surface area contributed by atoms with Gasteiger partial charge in [-0.1, -0.05) is 70.1 Å². The van der Waals surface area contributed by atoms with Crippen molar-refractivity contribution in [1.82, 2.24) is 10.6 Å². The third kappa shape index (κ3) is 18.0. The molecule has 0 fully saturated rings. The maximum atomic E-state index is 12.2. The highest BCUT2D eigenvalue weighted by atomic mass is 32.2. The fourth-order valence-electron chi connectivity index (χ4n) is 2.97. The van der Waals surface area contributed by atoms with Gasteiger partial charge in [-0.25, -0.2) is 0 Å². The number of amides is 2. The summed E-state index contributed by atoms with van der Waals surface area (Å²) in [7, 11) is 0. The van der Waals surface area contributed by atoms with E-state index in [0.29, 0.717) is 6.42 Å². The third-order valence-electron chi connectivity index (χ3n) is 4.96. The van der Waals surface area contributed by atoms with Crippen molar-refractivity contribution >= 4 is 40.6 Å². The van der Waals surface area contributed by atoms with Crippen molar-refractivity contribution in [3.63, 3.8) is 0 Å². The Morgan fingerprint density at radius 3 is 2.00 bits per heavy atom. The second-order valence-corrected chi connectivity index (χ2v) is 9.05. The zero-order chi connectivity index (χ0) is 25.1. The molecule has 0 saturated heterocycles. The first-order chi connectivity index (χ1) is 15.7. The van der Waals surface area contributed by atoms with Gasteiger partial charge in [0.1, 0.15) is 18.6 Å². The summed E-state index contributed by atoms with van der Waals surface area (Å²) in [5, 5.41) is 22.0. The number of thioether (sulfide) groups is 1. The zero-order valence-corrected chi connectivity index (χ0v) is 20.3. The largest absolute Gasteiger partial charge is 0.480 e. The number of carbonyl (C=O) groups is 5. The van der Waals surface area contributed by atoms with Gasteiger partial charge in [0.2, 0.25) is 11.8 Å². The summed E-state index contributed by atoms with van der Waals surface area (Å²) >= 11 is 0.915. The number of rotatable bonds is 20. The van der Waals surface area contributed by atoms with E-state index in [-0.39, 0.29) is 23.7 Å². The van der Waals surface area contributed by atoms with E-state index in [1.807, 2.05) is 0 Å². The first-order valence-corrected chi connectivity index (χ1v) is 12.6. The van der Waals surface area contributed by atoms with Crippen molar-refractivity contribution in [2.24, 2.45) is 5.73 Å². The van der Waals surface area contributed by atoms with E-state index >= 15 is 0 Å². The molecule has 0 aliphatic carbocycles. The molecular formula is C22H39N3O7S. The molecule has 0 saturated carbocycles. The molecule has 0 spiro atoms. The van der Waals surface area contributed by atoms with Crippen LogP contribution in [0.5, 0.6) is 0 Å². The first kappa shape index (κ1) is 30.9. The van der Waals surface area contributed by atoms with Crippen LogP contribution in [0.1, 0.15) is 84.0 Å². The maximum Gasteiger partial charge on any atom is 0.322 e. The molecule has 0 radical (unpaired) electrons. The summed E-state index contributed by atoms with van der Waals surface area (Å²) in [4.78, 5) is 57.9. The minimum absolute atomic E-state index is 0.0432. The van der Waals surface area contributed by atoms with Crippen LogP contribution in [0.15, 0.2) is 0 Å². The monoisotopic (exact) mass is 489 g/mol. The highest BCUT2D eigenvalue weighted by Crippen LogP contribution is 2.14. The lowest BCUT2D eigenvalue weighted by Crippen LogP contribution is -2.49. The van der Waals surface area contributed by atoms with Crippen LogP contribution in [-0.2, 0) is 24.0 Å². The maximum absolute atomic E-state index is 12.2. The predicted octanol–water partition coefficient (Wildman–Crippen LogP) is 2.04. The van der Waals surface area contributed by atoms with E-state index in [4.69, 9.17) is 15.9 Å². The Kier molecular flexibility index (Phi) is 18.1. The molecule has 190 valence electrons. The molecule has 2 atom stereocenters. The molecule has 11 heteroatoms. The number of carboxylic acid groups (broad SMARTS) is 2. The summed E-state index contributed by atoms with van der Waals surface area (Å²) in [5.74, 6) is -3.85. The van der Waals surface area contributed by atoms with E-state index in [9.17, 15) is 24.0 Å². The Labute approximate surface area is 199 Å². The summed E-state index contributed by atoms with van der Waals surface area (Å²) in [6, 6.07) is -2.32. The normalized spacial score (nSPS) is 12.5. The molecule has 0 aromatic heterocycles. The minimum Gasteiger partial charge on any atom is -0.480 e. The molecule has 10 nitrogen and oxygen atoms in total. The van der Waals surface area contributed by atoms with Crippen molar-refractivity contribution < 1.29 is 34.2 Å². The van der Waals surface area contributed by atoms with Gasteiger partial charge in [0.05, 0.1) is 0 Å². The number of nitrogens with two attached hydrogens (primary N) is 1. The van der Waals surface area contributed by atoms with Gasteiger partial charge in [0.25, 0.3) is 0 Å². The van der Waals surface area contributed by atoms with Crippen LogP contribution in [0.4, 0.5) is 0 Å². The number of hydrogen-bond acceptors (Lipinski definition) is 7. The van der Waals surface area contributed by atoms with Crippen molar-refractivity contribution in [2.75, 3.05) is 12.3 Å². The summed E-state index contributed by atoms with van der Waals surface area (Å²) < 4.78 is 0. The highest BCUT2D eigenvalue weighted by molar-refractivity contribution is 8.13. The van der Waals surface area contributed by atoms with E-state index in [1.165, 1.54) is 32.1 Å². The second-order valence-electron chi connectivity index (χ2n) is 7.98. The Balaban J connectivity index is 4.37. The number of hydrogen-bond donors (Lipinski definition) is 5. The molecule has 0 bridgehead atoms. The first-order valence-electron chi connectivity index (χ1n) is 11.6. The van der Waals surface area contributed by atoms with Crippen LogP contribution in [0, 0.1) is 0 Å². The van der Waals surface area contributed by atoms with Crippen molar-refractivity contribution in [1.29, 1.82) is 0 Å². The average molecular weight is 490 g/mol. The number of aliphatic carboxylic acids is 2. The highest BCUT2D eigenvalue weighted by Gasteiger charge is 2.23. The molecule has 0 aliphatic heterocycles. The third-order valence-corrected chi connectivity index (χ3v) is 5.99. The van der Waals surface area contributed by atoms with Gasteiger partial charge in [-0.2, -0.15) is 0 Å². The van der Waals surface area contributed by atoms with Crippen LogP contribution in [0.2, 0.25) is 0 Å². The Morgan fingerprint density at radius 2 is 1.45 bits per heavy atom. The molecule has 0 aromatic rings. The number of nitrogens with one attached hydrogen (secondary N) is 2. The smallest absolute Gasteiger partial charge is 0.322 e. The van der Waals surface area contributed by atoms with Crippen molar-refractivity contribution in [3.8, 4) is 0 Å². The van der Waals surface area contributed by atoms with Gasteiger partial charge in [0, 0.05) is 18.6 Å². The van der Waals surface area contributed by atoms with Crippen LogP contribution in [-0.4, -0.2) is 63.5 Å². The van der Waals surface area contributed by atoms with E-state index in [0.717, 1.165) is 37.4 Å². The van der Waals surface area contributed by atoms with E-state index in [2.05, 4.69) is 17.6 Å². The van der Waals surface area contributed by atoms with Crippen molar-refractivity contribution in [3.05, 3.63) is 0 Å². The lowest BCUT2D eigenvalue weighted by Gasteiger charge is -2.18. The molecule has 33 heavy (non-hydrogen) atoms. The summed E-state index contributed by atoms with van der Waals surface area (Å²) in [5.41, 5.74) is 5.37. The fourth-order valence-corrected chi connectivity index (χ4v) is 3.85. The molecule has 0 heterocycles. The van der Waals surface area contributed by atoms with Gasteiger partial charge >= 0.3 is 11.9 Å². The molecule has 2 unspecified atom stereocenters. The number of carbonyl (C=O) groups excluding carboxylic acids is 3. The van der Waals surface area contributed by atoms with E-state index in [1.54, 1.807) is 0 Å². The Morgan fingerprint density at radius 1 is 0.879 bits per heavy atom. The SMILES string of the molecule is CCCCCCCCCCCC(=O)SCC(NC(=O)CCC(N)C(=O)O)C(=O)NCC(=O)O. The van der Waals surface area contributed by atoms with Crippen LogP contribution >= 0.6 is 11.8 Å². The van der Waals surface area contributed by atoms with Crippen LogP contribution in [0.3, 0.4) is 0 Å². The molecule has 2 amide bonds. The van der Waals surface area contributed by atoms with Crippen LogP contribution < -0.4 is 16.4 Å². The van der Waals surface area contributed by atoms with Crippen LogP contribution in [0.25, 0.3) is 0 Å². The number of carboxylic acids is 2. The molecule has 0 rings (SSSR count). The molecule has 0 aliphatic rings. The fraction of sp³-hybridized carbons (Fsp3) is 0.773. The lowest BCUT2D eigenvalue weighted by atomic mass is 10.1. The van der Waals surface area contributed by atoms with Gasteiger partial charge < -0.3 is 26.6 Å². The van der Waals surface area contributed by atoms with Gasteiger partial charge in [-0.15, -0.1) is 0 Å².